The fourth-order valence-corrected chi connectivity index (χ4v) is 2.87. The van der Waals surface area contributed by atoms with Gasteiger partial charge < -0.3 is 19.1 Å². The third kappa shape index (κ3) is 3.18. The summed E-state index contributed by atoms with van der Waals surface area (Å²) >= 11 is 6.15. The Balaban J connectivity index is 2.36. The van der Waals surface area contributed by atoms with E-state index in [0.29, 0.717) is 35.9 Å². The number of benzene rings is 1. The molecule has 0 saturated carbocycles. The average molecular weight is 314 g/mol. The molecule has 0 bridgehead atoms. The van der Waals surface area contributed by atoms with Crippen molar-refractivity contribution in [3.63, 3.8) is 0 Å². The Morgan fingerprint density at radius 3 is 2.48 bits per heavy atom. The van der Waals surface area contributed by atoms with E-state index in [1.54, 1.807) is 24.1 Å². The van der Waals surface area contributed by atoms with Gasteiger partial charge in [0.1, 0.15) is 0 Å². The van der Waals surface area contributed by atoms with Gasteiger partial charge >= 0.3 is 0 Å². The number of hydrogen-bond donors (Lipinski definition) is 0. The first-order valence-electron chi connectivity index (χ1n) is 6.84. The van der Waals surface area contributed by atoms with Crippen molar-refractivity contribution in [3.8, 4) is 17.2 Å². The number of hydrogen-bond acceptors (Lipinski definition) is 4. The van der Waals surface area contributed by atoms with E-state index in [1.807, 2.05) is 0 Å². The number of carbonyl (C=O) groups is 1. The summed E-state index contributed by atoms with van der Waals surface area (Å²) in [6.07, 6.45) is 1.85. The molecule has 1 atom stereocenters. The third-order valence-corrected chi connectivity index (χ3v) is 3.94. The second-order valence-corrected chi connectivity index (χ2v) is 5.49. The van der Waals surface area contributed by atoms with E-state index in [1.165, 1.54) is 14.2 Å². The number of rotatable bonds is 4. The van der Waals surface area contributed by atoms with Crippen LogP contribution in [0.5, 0.6) is 17.2 Å². The van der Waals surface area contributed by atoms with E-state index >= 15 is 0 Å². The smallest absolute Gasteiger partial charge is 0.257 e. The van der Waals surface area contributed by atoms with Crippen LogP contribution in [0.3, 0.4) is 0 Å². The molecule has 1 unspecified atom stereocenters. The molecule has 1 saturated heterocycles. The minimum Gasteiger partial charge on any atom is -0.493 e. The van der Waals surface area contributed by atoms with Crippen LogP contribution < -0.4 is 14.2 Å². The Morgan fingerprint density at radius 2 is 1.90 bits per heavy atom. The lowest BCUT2D eigenvalue weighted by atomic mass is 10.1. The minimum absolute atomic E-state index is 0.00818. The Hall–Kier alpha value is -1.62. The summed E-state index contributed by atoms with van der Waals surface area (Å²) in [5.41, 5.74) is 0.459. The van der Waals surface area contributed by atoms with Crippen molar-refractivity contribution in [2.45, 2.75) is 18.2 Å². The second-order valence-electron chi connectivity index (χ2n) is 4.87. The van der Waals surface area contributed by atoms with Gasteiger partial charge in [0.05, 0.1) is 32.3 Å². The number of halogens is 1. The van der Waals surface area contributed by atoms with Crippen molar-refractivity contribution in [2.24, 2.45) is 0 Å². The van der Waals surface area contributed by atoms with Gasteiger partial charge in [-0.3, -0.25) is 4.79 Å². The zero-order valence-electron chi connectivity index (χ0n) is 12.5. The Kier molecular flexibility index (Phi) is 5.17. The summed E-state index contributed by atoms with van der Waals surface area (Å²) in [4.78, 5) is 14.4. The van der Waals surface area contributed by atoms with Gasteiger partial charge in [0.15, 0.2) is 11.5 Å². The molecule has 5 nitrogen and oxygen atoms in total. The molecule has 6 heteroatoms. The van der Waals surface area contributed by atoms with Gasteiger partial charge in [0.25, 0.3) is 5.91 Å². The first kappa shape index (κ1) is 15.8. The van der Waals surface area contributed by atoms with E-state index in [-0.39, 0.29) is 11.3 Å². The van der Waals surface area contributed by atoms with Crippen molar-refractivity contribution >= 4 is 17.5 Å². The largest absolute Gasteiger partial charge is 0.493 e. The van der Waals surface area contributed by atoms with Crippen molar-refractivity contribution < 1.29 is 19.0 Å². The van der Waals surface area contributed by atoms with Gasteiger partial charge in [-0.25, -0.2) is 0 Å². The molecule has 2 rings (SSSR count). The first-order valence-corrected chi connectivity index (χ1v) is 7.28. The first-order chi connectivity index (χ1) is 10.1. The van der Waals surface area contributed by atoms with Gasteiger partial charge in [0.2, 0.25) is 5.75 Å². The topological polar surface area (TPSA) is 48.0 Å². The molecule has 1 aliphatic rings. The fourth-order valence-electron chi connectivity index (χ4n) is 2.55. The third-order valence-electron chi connectivity index (χ3n) is 3.59. The lowest BCUT2D eigenvalue weighted by Gasteiger charge is -2.30. The number of methoxy groups -OCH3 is 3. The SMILES string of the molecule is COc1ccc(C(=O)N2CCCC(Cl)C2)c(OC)c1OC. The zero-order chi connectivity index (χ0) is 15.4. The van der Waals surface area contributed by atoms with Gasteiger partial charge in [-0.15, -0.1) is 11.6 Å². The van der Waals surface area contributed by atoms with Crippen molar-refractivity contribution in [1.29, 1.82) is 0 Å². The highest BCUT2D eigenvalue weighted by Crippen LogP contribution is 2.40. The number of ether oxygens (including phenoxy) is 3. The van der Waals surface area contributed by atoms with E-state index in [4.69, 9.17) is 25.8 Å². The molecule has 1 amide bonds. The van der Waals surface area contributed by atoms with Crippen LogP contribution in [0.1, 0.15) is 23.2 Å². The quantitative estimate of drug-likeness (QED) is 0.802. The van der Waals surface area contributed by atoms with Crippen LogP contribution >= 0.6 is 11.6 Å². The van der Waals surface area contributed by atoms with Crippen molar-refractivity contribution in [2.75, 3.05) is 34.4 Å². The number of amides is 1. The highest BCUT2D eigenvalue weighted by Gasteiger charge is 2.27. The fraction of sp³-hybridized carbons (Fsp3) is 0.533. The van der Waals surface area contributed by atoms with Gasteiger partial charge in [0, 0.05) is 13.1 Å². The predicted octanol–water partition coefficient (Wildman–Crippen LogP) is 2.56. The normalized spacial score (nSPS) is 18.3. The molecule has 1 aromatic rings. The molecular weight excluding hydrogens is 294 g/mol. The van der Waals surface area contributed by atoms with Gasteiger partial charge in [-0.1, -0.05) is 0 Å². The van der Waals surface area contributed by atoms with Crippen LogP contribution in [-0.4, -0.2) is 50.6 Å². The summed E-state index contributed by atoms with van der Waals surface area (Å²) < 4.78 is 15.9. The highest BCUT2D eigenvalue weighted by molar-refractivity contribution is 6.21. The molecule has 0 aliphatic carbocycles. The number of likely N-dealkylation sites (tertiary alicyclic amines) is 1. The van der Waals surface area contributed by atoms with Crippen LogP contribution in [0.15, 0.2) is 12.1 Å². The Bertz CT molecular complexity index is 521. The average Bonchev–Trinajstić information content (AvgIpc) is 2.52. The number of carbonyl (C=O) groups excluding carboxylic acids is 1. The van der Waals surface area contributed by atoms with E-state index in [9.17, 15) is 4.79 Å². The maximum Gasteiger partial charge on any atom is 0.257 e. The number of alkyl halides is 1. The summed E-state index contributed by atoms with van der Waals surface area (Å²) in [6.45, 7) is 1.26. The van der Waals surface area contributed by atoms with E-state index in [0.717, 1.165) is 12.8 Å². The minimum atomic E-state index is -0.0989. The van der Waals surface area contributed by atoms with Crippen LogP contribution in [0, 0.1) is 0 Å². The molecule has 116 valence electrons. The van der Waals surface area contributed by atoms with Gasteiger partial charge in [-0.2, -0.15) is 0 Å². The number of nitrogens with zero attached hydrogens (tertiary/aromatic N) is 1. The molecule has 0 aromatic heterocycles. The molecule has 1 heterocycles. The second kappa shape index (κ2) is 6.89. The lowest BCUT2D eigenvalue weighted by Crippen LogP contribution is -2.40. The molecule has 0 radical (unpaired) electrons. The van der Waals surface area contributed by atoms with Crippen LogP contribution in [0.4, 0.5) is 0 Å². The summed E-state index contributed by atoms with van der Waals surface area (Å²) in [5.74, 6) is 1.24. The van der Waals surface area contributed by atoms with Crippen molar-refractivity contribution in [1.82, 2.24) is 4.90 Å². The summed E-state index contributed by atoms with van der Waals surface area (Å²) in [7, 11) is 4.57. The summed E-state index contributed by atoms with van der Waals surface area (Å²) in [6, 6.07) is 3.40. The van der Waals surface area contributed by atoms with Gasteiger partial charge in [-0.05, 0) is 25.0 Å². The summed E-state index contributed by atoms with van der Waals surface area (Å²) in [5, 5.41) is 0.00818. The van der Waals surface area contributed by atoms with Crippen molar-refractivity contribution in [3.05, 3.63) is 17.7 Å². The molecule has 1 fully saturated rings. The Morgan fingerprint density at radius 1 is 1.19 bits per heavy atom. The van der Waals surface area contributed by atoms with Crippen LogP contribution in [0.2, 0.25) is 0 Å². The van der Waals surface area contributed by atoms with Crippen LogP contribution in [0.25, 0.3) is 0 Å². The molecule has 0 N–H and O–H groups in total. The molecule has 1 aromatic carbocycles. The molecule has 0 spiro atoms. The monoisotopic (exact) mass is 313 g/mol. The standard InChI is InChI=1S/C15H20ClNO4/c1-19-12-7-6-11(13(20-2)14(12)21-3)15(18)17-8-4-5-10(16)9-17/h6-7,10H,4-5,8-9H2,1-3H3. The predicted molar refractivity (Wildman–Crippen MR) is 80.9 cm³/mol. The highest BCUT2D eigenvalue weighted by atomic mass is 35.5. The molecular formula is C15H20ClNO4. The Labute approximate surface area is 129 Å². The zero-order valence-corrected chi connectivity index (χ0v) is 13.3. The number of piperidine rings is 1. The molecule has 21 heavy (non-hydrogen) atoms. The molecule has 1 aliphatic heterocycles. The van der Waals surface area contributed by atoms with E-state index < -0.39 is 0 Å². The maximum absolute atomic E-state index is 12.7. The van der Waals surface area contributed by atoms with E-state index in [2.05, 4.69) is 0 Å². The lowest BCUT2D eigenvalue weighted by molar-refractivity contribution is 0.0723. The van der Waals surface area contributed by atoms with Crippen LogP contribution in [-0.2, 0) is 0 Å². The maximum atomic E-state index is 12.7.